The number of aryl methyl sites for hydroxylation is 1. The normalized spacial score (nSPS) is 20.3. The molecule has 1 amide bonds. The van der Waals surface area contributed by atoms with E-state index in [1.165, 1.54) is 12.1 Å². The molecule has 3 fully saturated rings. The summed E-state index contributed by atoms with van der Waals surface area (Å²) in [5.74, 6) is 0.286. The van der Waals surface area contributed by atoms with E-state index in [-0.39, 0.29) is 22.9 Å². The summed E-state index contributed by atoms with van der Waals surface area (Å²) >= 11 is 0. The summed E-state index contributed by atoms with van der Waals surface area (Å²) in [6.45, 7) is 6.27. The topological polar surface area (TPSA) is 58.0 Å². The van der Waals surface area contributed by atoms with Gasteiger partial charge in [-0.1, -0.05) is 55.7 Å². The van der Waals surface area contributed by atoms with Crippen molar-refractivity contribution in [1.29, 1.82) is 0 Å². The summed E-state index contributed by atoms with van der Waals surface area (Å²) in [5, 5.41) is 1.03. The Morgan fingerprint density at radius 2 is 1.61 bits per heavy atom. The number of anilines is 1. The van der Waals surface area contributed by atoms with Gasteiger partial charge in [0.1, 0.15) is 0 Å². The van der Waals surface area contributed by atoms with Crippen molar-refractivity contribution < 1.29 is 9.53 Å². The molecule has 2 aliphatic heterocycles. The lowest BCUT2D eigenvalue weighted by Gasteiger charge is -2.52. The largest absolute Gasteiger partial charge is 0.381 e. The number of piperazine rings is 1. The maximum Gasteiger partial charge on any atom is 0.255 e. The van der Waals surface area contributed by atoms with E-state index < -0.39 is 0 Å². The number of rotatable bonds is 7. The molecule has 218 valence electrons. The van der Waals surface area contributed by atoms with Crippen molar-refractivity contribution in [3.8, 4) is 0 Å². The van der Waals surface area contributed by atoms with Gasteiger partial charge in [0, 0.05) is 75.7 Å². The third kappa shape index (κ3) is 5.93. The molecule has 0 atom stereocenters. The third-order valence-corrected chi connectivity index (χ3v) is 9.81. The zero-order chi connectivity index (χ0) is 28.2. The van der Waals surface area contributed by atoms with Gasteiger partial charge in [0.05, 0.1) is 12.1 Å². The number of benzene rings is 2. The summed E-state index contributed by atoms with van der Waals surface area (Å²) in [6, 6.07) is 20.7. The highest BCUT2D eigenvalue weighted by Crippen LogP contribution is 2.34. The number of aromatic nitrogens is 1. The van der Waals surface area contributed by atoms with Gasteiger partial charge in [-0.15, -0.1) is 0 Å². The molecular formula is C34H44N4O3. The zero-order valence-electron chi connectivity index (χ0n) is 24.5. The summed E-state index contributed by atoms with van der Waals surface area (Å²) in [4.78, 5) is 35.0. The summed E-state index contributed by atoms with van der Waals surface area (Å²) < 4.78 is 7.61. The van der Waals surface area contributed by atoms with E-state index in [2.05, 4.69) is 51.1 Å². The number of hydrogen-bond acceptors (Lipinski definition) is 5. The maximum atomic E-state index is 14.3. The minimum absolute atomic E-state index is 0.0114. The standard InChI is InChI=1S/C34H44N4O3/c1-35-31-15-9-8-12-28(31)24-29(32(35)39)25-37(33(40)27-10-4-2-5-11-27)26-34(16-22-41-23-17-34)38-20-18-36(19-21-38)30-13-6-3-7-14-30/h3,6-9,12-15,24,27H,2,4-5,10-11,16-23,25-26H2,1H3. The quantitative estimate of drug-likeness (QED) is 0.418. The van der Waals surface area contributed by atoms with Gasteiger partial charge >= 0.3 is 0 Å². The molecule has 2 aromatic carbocycles. The molecule has 0 bridgehead atoms. The van der Waals surface area contributed by atoms with Gasteiger partial charge < -0.3 is 19.1 Å². The van der Waals surface area contributed by atoms with Crippen LogP contribution in [0.5, 0.6) is 0 Å². The number of carbonyl (C=O) groups is 1. The van der Waals surface area contributed by atoms with E-state index in [0.29, 0.717) is 31.9 Å². The Bertz CT molecular complexity index is 1380. The van der Waals surface area contributed by atoms with Crippen LogP contribution in [0.25, 0.3) is 10.9 Å². The second-order valence-corrected chi connectivity index (χ2v) is 12.3. The third-order valence-electron chi connectivity index (χ3n) is 9.81. The molecule has 1 saturated carbocycles. The Morgan fingerprint density at radius 3 is 2.34 bits per heavy atom. The van der Waals surface area contributed by atoms with Crippen LogP contribution in [-0.2, 0) is 23.1 Å². The first-order valence-corrected chi connectivity index (χ1v) is 15.5. The lowest BCUT2D eigenvalue weighted by molar-refractivity contribution is -0.141. The Hall–Kier alpha value is -3.16. The minimum Gasteiger partial charge on any atom is -0.381 e. The van der Waals surface area contributed by atoms with Crippen molar-refractivity contribution in [3.63, 3.8) is 0 Å². The van der Waals surface area contributed by atoms with Gasteiger partial charge in [-0.05, 0) is 55.3 Å². The average Bonchev–Trinajstić information content (AvgIpc) is 3.04. The van der Waals surface area contributed by atoms with Crippen molar-refractivity contribution in [2.75, 3.05) is 50.8 Å². The molecule has 3 aromatic rings. The molecule has 0 spiro atoms. The Morgan fingerprint density at radius 1 is 0.927 bits per heavy atom. The lowest BCUT2D eigenvalue weighted by atomic mass is 9.84. The minimum atomic E-state index is -0.145. The zero-order valence-corrected chi connectivity index (χ0v) is 24.5. The predicted molar refractivity (Wildman–Crippen MR) is 164 cm³/mol. The predicted octanol–water partition coefficient (Wildman–Crippen LogP) is 4.82. The second kappa shape index (κ2) is 12.4. The summed E-state index contributed by atoms with van der Waals surface area (Å²) in [6.07, 6.45) is 7.16. The van der Waals surface area contributed by atoms with Crippen LogP contribution < -0.4 is 10.5 Å². The molecule has 7 nitrogen and oxygen atoms in total. The van der Waals surface area contributed by atoms with Crippen LogP contribution in [0.4, 0.5) is 5.69 Å². The highest BCUT2D eigenvalue weighted by Gasteiger charge is 2.43. The molecule has 41 heavy (non-hydrogen) atoms. The first-order valence-electron chi connectivity index (χ1n) is 15.5. The van der Waals surface area contributed by atoms with E-state index in [1.807, 2.05) is 31.3 Å². The fraction of sp³-hybridized carbons (Fsp3) is 0.529. The van der Waals surface area contributed by atoms with E-state index in [9.17, 15) is 9.59 Å². The number of amides is 1. The van der Waals surface area contributed by atoms with Crippen LogP contribution in [0.15, 0.2) is 65.5 Å². The number of nitrogens with zero attached hydrogens (tertiary/aromatic N) is 4. The van der Waals surface area contributed by atoms with Crippen LogP contribution >= 0.6 is 0 Å². The number of ether oxygens (including phenoxy) is 1. The number of pyridine rings is 1. The van der Waals surface area contributed by atoms with E-state index in [4.69, 9.17) is 4.74 Å². The van der Waals surface area contributed by atoms with E-state index in [0.717, 1.165) is 75.6 Å². The van der Waals surface area contributed by atoms with Crippen molar-refractivity contribution in [2.24, 2.45) is 13.0 Å². The summed E-state index contributed by atoms with van der Waals surface area (Å²) in [7, 11) is 1.84. The second-order valence-electron chi connectivity index (χ2n) is 12.3. The molecule has 0 unspecified atom stereocenters. The molecule has 0 N–H and O–H groups in total. The molecule has 2 saturated heterocycles. The number of carbonyl (C=O) groups excluding carboxylic acids is 1. The number of para-hydroxylation sites is 2. The highest BCUT2D eigenvalue weighted by atomic mass is 16.5. The molecular weight excluding hydrogens is 512 g/mol. The van der Waals surface area contributed by atoms with Gasteiger partial charge in [-0.2, -0.15) is 0 Å². The van der Waals surface area contributed by atoms with Gasteiger partial charge in [0.15, 0.2) is 0 Å². The molecule has 1 aromatic heterocycles. The fourth-order valence-electron chi connectivity index (χ4n) is 7.39. The van der Waals surface area contributed by atoms with Crippen LogP contribution in [0.3, 0.4) is 0 Å². The highest BCUT2D eigenvalue weighted by molar-refractivity contribution is 5.81. The molecule has 6 rings (SSSR count). The van der Waals surface area contributed by atoms with Crippen molar-refractivity contribution in [3.05, 3.63) is 76.6 Å². The van der Waals surface area contributed by atoms with Gasteiger partial charge in [0.25, 0.3) is 5.56 Å². The van der Waals surface area contributed by atoms with Crippen LogP contribution in [0.2, 0.25) is 0 Å². The molecule has 0 radical (unpaired) electrons. The molecule has 3 heterocycles. The first-order chi connectivity index (χ1) is 20.0. The van der Waals surface area contributed by atoms with Gasteiger partial charge in [-0.25, -0.2) is 0 Å². The van der Waals surface area contributed by atoms with Crippen LogP contribution in [0.1, 0.15) is 50.5 Å². The van der Waals surface area contributed by atoms with Gasteiger partial charge in [0.2, 0.25) is 5.91 Å². The van der Waals surface area contributed by atoms with Crippen LogP contribution in [-0.4, -0.2) is 71.8 Å². The van der Waals surface area contributed by atoms with E-state index >= 15 is 0 Å². The van der Waals surface area contributed by atoms with Gasteiger partial charge in [-0.3, -0.25) is 14.5 Å². The van der Waals surface area contributed by atoms with Crippen molar-refractivity contribution in [1.82, 2.24) is 14.4 Å². The van der Waals surface area contributed by atoms with E-state index in [1.54, 1.807) is 4.57 Å². The fourth-order valence-corrected chi connectivity index (χ4v) is 7.39. The lowest BCUT2D eigenvalue weighted by Crippen LogP contribution is -2.64. The Kier molecular flexibility index (Phi) is 8.45. The number of fused-ring (bicyclic) bond motifs is 1. The average molecular weight is 557 g/mol. The maximum absolute atomic E-state index is 14.3. The van der Waals surface area contributed by atoms with Crippen molar-refractivity contribution in [2.45, 2.75) is 57.0 Å². The van der Waals surface area contributed by atoms with Crippen molar-refractivity contribution >= 4 is 22.5 Å². The Labute approximate surface area is 243 Å². The molecule has 3 aliphatic rings. The molecule has 7 heteroatoms. The first kappa shape index (κ1) is 28.0. The van der Waals surface area contributed by atoms with Crippen LogP contribution in [0, 0.1) is 5.92 Å². The smallest absolute Gasteiger partial charge is 0.255 e. The monoisotopic (exact) mass is 556 g/mol. The molecule has 1 aliphatic carbocycles. The Balaban J connectivity index is 1.29. The summed E-state index contributed by atoms with van der Waals surface area (Å²) in [5.41, 5.74) is 2.74. The SMILES string of the molecule is Cn1c(=O)c(CN(CC2(N3CCN(c4ccccc4)CC3)CCOCC2)C(=O)C2CCCCC2)cc2ccccc21. The number of hydrogen-bond donors (Lipinski definition) is 0.